The predicted molar refractivity (Wildman–Crippen MR) is 94.6 cm³/mol. The third kappa shape index (κ3) is 4.11. The van der Waals surface area contributed by atoms with E-state index in [0.717, 1.165) is 5.56 Å². The average Bonchev–Trinajstić information content (AvgIpc) is 2.55. The fourth-order valence-corrected chi connectivity index (χ4v) is 2.59. The van der Waals surface area contributed by atoms with Crippen LogP contribution in [-0.2, 0) is 6.54 Å². The van der Waals surface area contributed by atoms with Gasteiger partial charge >= 0.3 is 5.69 Å². The fraction of sp³-hybridized carbons (Fsp3) is 0.0625. The molecular formula is C16H13Cl2N5O. The van der Waals surface area contributed by atoms with Gasteiger partial charge in [-0.05, 0) is 23.8 Å². The average molecular weight is 362 g/mol. The normalized spacial score (nSPS) is 10.6. The molecule has 0 atom stereocenters. The standard InChI is InChI=1S/C16H13Cl2N5O/c17-12-6-13(18)8-14(7-12)23-10-19-15(21-16(23)24)22-20-9-11-4-2-1-3-5-11/h1-8,10,20H,9H2,(H,21,22,24). The smallest absolute Gasteiger partial charge is 0.289 e. The summed E-state index contributed by atoms with van der Waals surface area (Å²) in [4.78, 5) is 20.1. The number of nitrogens with one attached hydrogen (secondary N) is 2. The van der Waals surface area contributed by atoms with Gasteiger partial charge in [0.25, 0.3) is 0 Å². The first kappa shape index (κ1) is 16.4. The lowest BCUT2D eigenvalue weighted by Crippen LogP contribution is -2.28. The molecule has 1 aromatic heterocycles. The van der Waals surface area contributed by atoms with Crippen LogP contribution in [0, 0.1) is 0 Å². The third-order valence-corrected chi connectivity index (χ3v) is 3.60. The minimum atomic E-state index is -0.493. The molecule has 0 aliphatic carbocycles. The summed E-state index contributed by atoms with van der Waals surface area (Å²) in [6.07, 6.45) is 1.36. The van der Waals surface area contributed by atoms with E-state index in [9.17, 15) is 4.79 Å². The molecule has 8 heteroatoms. The molecule has 0 amide bonds. The van der Waals surface area contributed by atoms with Crippen LogP contribution in [0.3, 0.4) is 0 Å². The van der Waals surface area contributed by atoms with E-state index in [1.807, 2.05) is 30.3 Å². The summed E-state index contributed by atoms with van der Waals surface area (Å²) in [7, 11) is 0. The zero-order valence-electron chi connectivity index (χ0n) is 12.4. The van der Waals surface area contributed by atoms with E-state index >= 15 is 0 Å². The first-order chi connectivity index (χ1) is 11.6. The van der Waals surface area contributed by atoms with Crippen LogP contribution in [-0.4, -0.2) is 14.5 Å². The van der Waals surface area contributed by atoms with Gasteiger partial charge in [-0.3, -0.25) is 9.99 Å². The van der Waals surface area contributed by atoms with E-state index in [1.165, 1.54) is 10.9 Å². The van der Waals surface area contributed by atoms with Crippen LogP contribution in [0.4, 0.5) is 5.95 Å². The molecule has 24 heavy (non-hydrogen) atoms. The Kier molecular flexibility index (Phi) is 5.10. The highest BCUT2D eigenvalue weighted by molar-refractivity contribution is 6.34. The van der Waals surface area contributed by atoms with E-state index < -0.39 is 5.69 Å². The van der Waals surface area contributed by atoms with Gasteiger partial charge in [0, 0.05) is 16.6 Å². The van der Waals surface area contributed by atoms with Crippen LogP contribution < -0.4 is 16.5 Å². The van der Waals surface area contributed by atoms with Gasteiger partial charge in [0.2, 0.25) is 5.95 Å². The van der Waals surface area contributed by atoms with Crippen molar-refractivity contribution in [2.45, 2.75) is 6.54 Å². The highest BCUT2D eigenvalue weighted by Crippen LogP contribution is 2.20. The maximum atomic E-state index is 12.2. The van der Waals surface area contributed by atoms with E-state index in [0.29, 0.717) is 22.3 Å². The van der Waals surface area contributed by atoms with Crippen molar-refractivity contribution >= 4 is 29.2 Å². The van der Waals surface area contributed by atoms with Crippen LogP contribution in [0.2, 0.25) is 10.0 Å². The SMILES string of the molecule is O=c1nc(NNCc2ccccc2)ncn1-c1cc(Cl)cc(Cl)c1. The molecule has 0 unspecified atom stereocenters. The molecule has 2 aromatic carbocycles. The van der Waals surface area contributed by atoms with E-state index in [4.69, 9.17) is 23.2 Å². The molecule has 0 aliphatic rings. The number of rotatable bonds is 5. The van der Waals surface area contributed by atoms with Gasteiger partial charge < -0.3 is 0 Å². The van der Waals surface area contributed by atoms with Gasteiger partial charge in [-0.1, -0.05) is 53.5 Å². The molecule has 122 valence electrons. The fourth-order valence-electron chi connectivity index (χ4n) is 2.07. The number of hydrogen-bond acceptors (Lipinski definition) is 5. The Morgan fingerprint density at radius 1 is 1.04 bits per heavy atom. The van der Waals surface area contributed by atoms with Crippen molar-refractivity contribution in [3.63, 3.8) is 0 Å². The molecule has 3 rings (SSSR count). The lowest BCUT2D eigenvalue weighted by atomic mass is 10.2. The van der Waals surface area contributed by atoms with Crippen molar-refractivity contribution < 1.29 is 0 Å². The monoisotopic (exact) mass is 361 g/mol. The van der Waals surface area contributed by atoms with Crippen LogP contribution in [0.1, 0.15) is 5.56 Å². The third-order valence-electron chi connectivity index (χ3n) is 3.16. The van der Waals surface area contributed by atoms with Gasteiger partial charge in [0.05, 0.1) is 5.69 Å². The predicted octanol–water partition coefficient (Wildman–Crippen LogP) is 3.05. The lowest BCUT2D eigenvalue weighted by Gasteiger charge is -2.09. The van der Waals surface area contributed by atoms with Gasteiger partial charge in [-0.2, -0.15) is 4.98 Å². The van der Waals surface area contributed by atoms with Crippen molar-refractivity contribution in [2.24, 2.45) is 0 Å². The van der Waals surface area contributed by atoms with Crippen LogP contribution in [0.25, 0.3) is 5.69 Å². The molecular weight excluding hydrogens is 349 g/mol. The van der Waals surface area contributed by atoms with Gasteiger partial charge in [0.15, 0.2) is 0 Å². The summed E-state index contributed by atoms with van der Waals surface area (Å²) in [5, 5.41) is 0.854. The summed E-state index contributed by atoms with van der Waals surface area (Å²) in [5.74, 6) is 0.181. The Labute approximate surface area is 148 Å². The summed E-state index contributed by atoms with van der Waals surface area (Å²) in [6.45, 7) is 0.567. The molecule has 0 aliphatic heterocycles. The second kappa shape index (κ2) is 7.44. The topological polar surface area (TPSA) is 71.8 Å². The van der Waals surface area contributed by atoms with Crippen LogP contribution in [0.5, 0.6) is 0 Å². The van der Waals surface area contributed by atoms with Crippen molar-refractivity contribution in [1.82, 2.24) is 20.0 Å². The number of anilines is 1. The molecule has 0 fully saturated rings. The number of halogens is 2. The molecule has 0 saturated heterocycles. The van der Waals surface area contributed by atoms with Gasteiger partial charge in [-0.25, -0.2) is 15.2 Å². The Morgan fingerprint density at radius 3 is 2.42 bits per heavy atom. The second-order valence-corrected chi connectivity index (χ2v) is 5.80. The Morgan fingerprint density at radius 2 is 1.75 bits per heavy atom. The molecule has 0 bridgehead atoms. The lowest BCUT2D eigenvalue weighted by molar-refractivity contribution is 0.767. The summed E-state index contributed by atoms with van der Waals surface area (Å²) in [5.41, 5.74) is 6.85. The first-order valence-electron chi connectivity index (χ1n) is 7.07. The minimum absolute atomic E-state index is 0.181. The van der Waals surface area contributed by atoms with Crippen molar-refractivity contribution in [2.75, 3.05) is 5.43 Å². The summed E-state index contributed by atoms with van der Waals surface area (Å²) in [6, 6.07) is 14.6. The highest BCUT2D eigenvalue weighted by atomic mass is 35.5. The van der Waals surface area contributed by atoms with Crippen molar-refractivity contribution in [3.8, 4) is 5.69 Å². The molecule has 1 heterocycles. The van der Waals surface area contributed by atoms with Crippen molar-refractivity contribution in [1.29, 1.82) is 0 Å². The second-order valence-electron chi connectivity index (χ2n) is 4.92. The number of hydrogen-bond donors (Lipinski definition) is 2. The Balaban J connectivity index is 1.71. The van der Waals surface area contributed by atoms with Gasteiger partial charge in [0.1, 0.15) is 6.33 Å². The Bertz CT molecular complexity index is 878. The Hall–Kier alpha value is -2.41. The number of nitrogens with zero attached hydrogens (tertiary/aromatic N) is 3. The maximum absolute atomic E-state index is 12.2. The largest absolute Gasteiger partial charge is 0.356 e. The molecule has 6 nitrogen and oxygen atoms in total. The molecule has 0 radical (unpaired) electrons. The number of benzene rings is 2. The number of hydrazine groups is 1. The van der Waals surface area contributed by atoms with E-state index in [-0.39, 0.29) is 5.95 Å². The van der Waals surface area contributed by atoms with Crippen LogP contribution in [0.15, 0.2) is 59.7 Å². The summed E-state index contributed by atoms with van der Waals surface area (Å²) < 4.78 is 1.26. The quantitative estimate of drug-likeness (QED) is 0.683. The zero-order chi connectivity index (χ0) is 16.9. The van der Waals surface area contributed by atoms with E-state index in [1.54, 1.807) is 18.2 Å². The summed E-state index contributed by atoms with van der Waals surface area (Å²) >= 11 is 11.9. The minimum Gasteiger partial charge on any atom is -0.289 e. The van der Waals surface area contributed by atoms with E-state index in [2.05, 4.69) is 20.8 Å². The first-order valence-corrected chi connectivity index (χ1v) is 7.82. The molecule has 0 saturated carbocycles. The number of aromatic nitrogens is 3. The molecule has 2 N–H and O–H groups in total. The molecule has 0 spiro atoms. The van der Waals surface area contributed by atoms with Crippen molar-refractivity contribution in [3.05, 3.63) is 81.0 Å². The molecule has 3 aromatic rings. The zero-order valence-corrected chi connectivity index (χ0v) is 13.9. The maximum Gasteiger partial charge on any atom is 0.356 e. The highest BCUT2D eigenvalue weighted by Gasteiger charge is 2.06. The van der Waals surface area contributed by atoms with Crippen LogP contribution >= 0.6 is 23.2 Å². The van der Waals surface area contributed by atoms with Gasteiger partial charge in [-0.15, -0.1) is 0 Å².